The third-order valence-corrected chi connectivity index (χ3v) is 11.5. The summed E-state index contributed by atoms with van der Waals surface area (Å²) in [5, 5.41) is 0. The number of carbonyl (C=O) groups is 4. The van der Waals surface area contributed by atoms with E-state index in [2.05, 4.69) is 9.98 Å². The topological polar surface area (TPSA) is 155 Å². The Labute approximate surface area is 346 Å². The molecule has 2 fully saturated rings. The highest BCUT2D eigenvalue weighted by atomic mass is 16.5. The Balaban J connectivity index is 0.853. The number of carbonyl (C=O) groups excluding carboxylic acids is 4. The zero-order valence-corrected chi connectivity index (χ0v) is 33.4. The zero-order chi connectivity index (χ0) is 41.3. The maximum absolute atomic E-state index is 14.0. The predicted molar refractivity (Wildman–Crippen MR) is 221 cm³/mol. The minimum Gasteiger partial charge on any atom is -0.493 e. The number of fused-ring (bicyclic) bond motifs is 6. The number of methoxy groups -OCH3 is 2. The second-order valence-electron chi connectivity index (χ2n) is 15.1. The van der Waals surface area contributed by atoms with E-state index >= 15 is 0 Å². The summed E-state index contributed by atoms with van der Waals surface area (Å²) in [4.78, 5) is 67.3. The van der Waals surface area contributed by atoms with Crippen LogP contribution in [0.1, 0.15) is 91.1 Å². The van der Waals surface area contributed by atoms with E-state index in [-0.39, 0.29) is 84.5 Å². The summed E-state index contributed by atoms with van der Waals surface area (Å²) in [6.45, 7) is 2.24. The fourth-order valence-electron chi connectivity index (χ4n) is 8.49. The van der Waals surface area contributed by atoms with Crippen molar-refractivity contribution in [3.05, 3.63) is 94.0 Å². The normalized spacial score (nSPS) is 18.4. The van der Waals surface area contributed by atoms with Crippen molar-refractivity contribution in [2.24, 2.45) is 9.98 Å². The van der Waals surface area contributed by atoms with Crippen LogP contribution in [0, 0.1) is 0 Å². The lowest BCUT2D eigenvalue weighted by atomic mass is 9.83. The Morgan fingerprint density at radius 2 is 0.950 bits per heavy atom. The van der Waals surface area contributed by atoms with Gasteiger partial charge in [-0.15, -0.1) is 0 Å². The molecule has 0 bridgehead atoms. The molecule has 4 aliphatic heterocycles. The molecule has 4 heterocycles. The second kappa shape index (κ2) is 16.5. The highest BCUT2D eigenvalue weighted by molar-refractivity contribution is 6.30. The monoisotopic (exact) mass is 812 g/mol. The molecule has 0 N–H and O–H groups in total. The van der Waals surface area contributed by atoms with Gasteiger partial charge in [0.2, 0.25) is 0 Å². The average molecular weight is 813 g/mol. The summed E-state index contributed by atoms with van der Waals surface area (Å²) in [5.41, 5.74) is 2.91. The van der Waals surface area contributed by atoms with E-state index in [1.54, 1.807) is 60.7 Å². The molecule has 14 heteroatoms. The first kappa shape index (κ1) is 38.8. The molecule has 0 aromatic heterocycles. The van der Waals surface area contributed by atoms with Gasteiger partial charge in [-0.1, -0.05) is 24.3 Å². The largest absolute Gasteiger partial charge is 0.493 e. The van der Waals surface area contributed by atoms with Crippen molar-refractivity contribution in [3.8, 4) is 34.5 Å². The third kappa shape index (κ3) is 7.09. The van der Waals surface area contributed by atoms with Gasteiger partial charge in [0.05, 0.1) is 86.4 Å². The minimum atomic E-state index is -0.331. The molecule has 4 aromatic carbocycles. The van der Waals surface area contributed by atoms with Crippen LogP contribution in [-0.4, -0.2) is 111 Å². The number of benzene rings is 4. The summed E-state index contributed by atoms with van der Waals surface area (Å²) in [7, 11) is 3.05. The molecule has 9 rings (SSSR count). The molecule has 4 aromatic rings. The molecule has 2 amide bonds. The average Bonchev–Trinajstić information content (AvgIpc) is 3.91. The summed E-state index contributed by atoms with van der Waals surface area (Å²) >= 11 is 0. The number of rotatable bonds is 14. The van der Waals surface area contributed by atoms with Crippen molar-refractivity contribution in [3.63, 3.8) is 0 Å². The Morgan fingerprint density at radius 1 is 0.533 bits per heavy atom. The molecule has 0 saturated carbocycles. The van der Waals surface area contributed by atoms with Crippen molar-refractivity contribution in [2.75, 3.05) is 53.7 Å². The van der Waals surface area contributed by atoms with Crippen LogP contribution in [0.5, 0.6) is 34.5 Å². The molecule has 2 saturated heterocycles. The van der Waals surface area contributed by atoms with Crippen molar-refractivity contribution in [1.29, 1.82) is 0 Å². The van der Waals surface area contributed by atoms with Gasteiger partial charge in [-0.25, -0.2) is 0 Å². The number of ether oxygens (including phenoxy) is 6. The molecule has 1 aliphatic carbocycles. The number of nitrogens with zero attached hydrogens (tertiary/aromatic N) is 4. The van der Waals surface area contributed by atoms with Gasteiger partial charge in [0.25, 0.3) is 11.8 Å². The molecule has 14 nitrogen and oxygen atoms in total. The number of hydrogen-bond donors (Lipinski definition) is 0. The highest BCUT2D eigenvalue weighted by Gasteiger charge is 2.36. The van der Waals surface area contributed by atoms with E-state index in [0.29, 0.717) is 82.6 Å². The van der Waals surface area contributed by atoms with E-state index in [1.807, 2.05) is 22.2 Å². The number of hydrogen-bond acceptors (Lipinski definition) is 12. The fraction of sp³-hybridized carbons (Fsp3) is 0.348. The first-order valence-corrected chi connectivity index (χ1v) is 20.4. The van der Waals surface area contributed by atoms with Crippen LogP contribution in [0.15, 0.2) is 70.6 Å². The molecule has 0 spiro atoms. The molecule has 60 heavy (non-hydrogen) atoms. The van der Waals surface area contributed by atoms with Gasteiger partial charge >= 0.3 is 0 Å². The smallest absolute Gasteiger partial charge is 0.256 e. The minimum absolute atomic E-state index is 0.00958. The number of aliphatic imine (C=N–C) groups is 2. The molecule has 5 aliphatic rings. The summed E-state index contributed by atoms with van der Waals surface area (Å²) in [5.74, 6) is 1.49. The number of ketones is 2. The van der Waals surface area contributed by atoms with Crippen molar-refractivity contribution in [2.45, 2.75) is 50.6 Å². The summed E-state index contributed by atoms with van der Waals surface area (Å²) in [6.07, 6.45) is 8.19. The van der Waals surface area contributed by atoms with Crippen LogP contribution in [-0.2, 0) is 0 Å². The van der Waals surface area contributed by atoms with Gasteiger partial charge in [-0.2, -0.15) is 0 Å². The lowest BCUT2D eigenvalue weighted by Crippen LogP contribution is -2.35. The van der Waals surface area contributed by atoms with E-state index < -0.39 is 0 Å². The first-order valence-electron chi connectivity index (χ1n) is 20.4. The SMILES string of the molecule is COc1cc2c(cc1OCCCOc1ccc(OCCCOc3cc4c(cc3OC)C(=O)N3CCC[C@H]3C=N4)c3c1C(=O)c1ccccc1C3=O)N=C[C@@H]1CCCN1C2=O. The molecular formula is C46H44N4O10. The van der Waals surface area contributed by atoms with Crippen LogP contribution in [0.2, 0.25) is 0 Å². The van der Waals surface area contributed by atoms with Gasteiger partial charge in [-0.3, -0.25) is 29.2 Å². The first-order chi connectivity index (χ1) is 29.3. The maximum atomic E-state index is 14.0. The van der Waals surface area contributed by atoms with Gasteiger partial charge in [0, 0.05) is 61.6 Å². The summed E-state index contributed by atoms with van der Waals surface area (Å²) in [6, 6.07) is 16.8. The van der Waals surface area contributed by atoms with Crippen molar-refractivity contribution >= 4 is 47.2 Å². The van der Waals surface area contributed by atoms with Crippen LogP contribution in [0.4, 0.5) is 11.4 Å². The Bertz CT molecular complexity index is 2290. The lowest BCUT2D eigenvalue weighted by molar-refractivity contribution is 0.0766. The third-order valence-electron chi connectivity index (χ3n) is 11.5. The summed E-state index contributed by atoms with van der Waals surface area (Å²) < 4.78 is 35.7. The zero-order valence-electron chi connectivity index (χ0n) is 33.4. The molecule has 2 atom stereocenters. The van der Waals surface area contributed by atoms with E-state index in [9.17, 15) is 19.2 Å². The Kier molecular flexibility index (Phi) is 10.7. The van der Waals surface area contributed by atoms with Gasteiger partial charge in [0.15, 0.2) is 34.6 Å². The second-order valence-corrected chi connectivity index (χ2v) is 15.1. The van der Waals surface area contributed by atoms with E-state index in [1.165, 1.54) is 14.2 Å². The maximum Gasteiger partial charge on any atom is 0.256 e. The Morgan fingerprint density at radius 3 is 1.37 bits per heavy atom. The van der Waals surface area contributed by atoms with Gasteiger partial charge in [0.1, 0.15) is 11.5 Å². The molecular weight excluding hydrogens is 769 g/mol. The lowest BCUT2D eigenvalue weighted by Gasteiger charge is -2.23. The standard InChI is InChI=1S/C46H44N4O10/c1-55-37-21-31-33(47-25-27-9-5-15-49(27)45(31)53)23-39(37)59-19-7-17-57-35-13-14-36(42-41(35)43(51)29-11-3-4-12-30(29)44(42)52)58-18-8-20-60-40-24-34-32(22-38(40)56-2)46(54)50-16-6-10-28(50)26-48-34/h3-4,11-14,21-28H,5-10,15-20H2,1-2H3/t27-,28-/m0/s1. The van der Waals surface area contributed by atoms with Crippen molar-refractivity contribution in [1.82, 2.24) is 9.80 Å². The fourth-order valence-corrected chi connectivity index (χ4v) is 8.49. The Hall–Kier alpha value is -6.70. The highest BCUT2D eigenvalue weighted by Crippen LogP contribution is 2.41. The quantitative estimate of drug-likeness (QED) is 0.109. The van der Waals surface area contributed by atoms with Gasteiger partial charge < -0.3 is 38.2 Å². The van der Waals surface area contributed by atoms with Crippen molar-refractivity contribution < 1.29 is 47.6 Å². The predicted octanol–water partition coefficient (Wildman–Crippen LogP) is 6.82. The molecule has 0 unspecified atom stereocenters. The van der Waals surface area contributed by atoms with E-state index in [0.717, 1.165) is 25.7 Å². The van der Waals surface area contributed by atoms with Gasteiger partial charge in [-0.05, 0) is 49.9 Å². The van der Waals surface area contributed by atoms with Crippen LogP contribution in [0.25, 0.3) is 0 Å². The number of amides is 2. The van der Waals surface area contributed by atoms with Crippen LogP contribution < -0.4 is 28.4 Å². The van der Waals surface area contributed by atoms with Crippen LogP contribution in [0.3, 0.4) is 0 Å². The molecule has 308 valence electrons. The van der Waals surface area contributed by atoms with E-state index in [4.69, 9.17) is 28.4 Å². The molecule has 0 radical (unpaired) electrons. The van der Waals surface area contributed by atoms with Crippen LogP contribution >= 0.6 is 0 Å².